The molecule has 0 heterocycles. The van der Waals surface area contributed by atoms with Crippen molar-refractivity contribution in [1.29, 1.82) is 0 Å². The number of benzene rings is 3. The van der Waals surface area contributed by atoms with Gasteiger partial charge in [-0.05, 0) is 60.7 Å². The van der Waals surface area contributed by atoms with E-state index in [1.807, 2.05) is 0 Å². The Hall–Kier alpha value is -2.46. The van der Waals surface area contributed by atoms with Crippen LogP contribution in [0.3, 0.4) is 0 Å². The topological polar surface area (TPSA) is 52.0 Å². The molecule has 0 fully saturated rings. The van der Waals surface area contributed by atoms with E-state index in [9.17, 15) is 26.3 Å². The summed E-state index contributed by atoms with van der Waals surface area (Å²) in [7, 11) is 0. The number of halogens is 6. The van der Waals surface area contributed by atoms with Gasteiger partial charge >= 0.3 is 12.4 Å². The molecule has 2 nitrogen and oxygen atoms in total. The van der Waals surface area contributed by atoms with E-state index in [1.54, 1.807) is 24.3 Å². The van der Waals surface area contributed by atoms with Crippen LogP contribution in [-0.2, 0) is 12.4 Å². The van der Waals surface area contributed by atoms with Crippen molar-refractivity contribution in [3.8, 4) is 0 Å². The average molecular weight is 460 g/mol. The van der Waals surface area contributed by atoms with Crippen LogP contribution in [0.25, 0.3) is 0 Å². The lowest BCUT2D eigenvalue weighted by atomic mass is 10.2. The Morgan fingerprint density at radius 3 is 1.17 bits per heavy atom. The van der Waals surface area contributed by atoms with Crippen LogP contribution in [0.1, 0.15) is 11.1 Å². The molecule has 4 N–H and O–H groups in total. The van der Waals surface area contributed by atoms with Gasteiger partial charge < -0.3 is 11.5 Å². The molecule has 0 aliphatic rings. The van der Waals surface area contributed by atoms with Gasteiger partial charge in [0.25, 0.3) is 0 Å². The summed E-state index contributed by atoms with van der Waals surface area (Å²) in [5.41, 5.74) is 9.24. The second-order valence-corrected chi connectivity index (χ2v) is 8.41. The van der Waals surface area contributed by atoms with Crippen molar-refractivity contribution >= 4 is 34.9 Å². The number of nitrogen functional groups attached to an aromatic ring is 2. The van der Waals surface area contributed by atoms with Crippen molar-refractivity contribution in [2.24, 2.45) is 0 Å². The second-order valence-electron chi connectivity index (χ2n) is 6.18. The van der Waals surface area contributed by atoms with Gasteiger partial charge in [-0.2, -0.15) is 26.3 Å². The molecule has 30 heavy (non-hydrogen) atoms. The highest BCUT2D eigenvalue weighted by atomic mass is 32.2. The van der Waals surface area contributed by atoms with Gasteiger partial charge in [0.1, 0.15) is 0 Å². The number of rotatable bonds is 4. The van der Waals surface area contributed by atoms with Crippen molar-refractivity contribution in [3.63, 3.8) is 0 Å². The molecule has 0 unspecified atom stereocenters. The monoisotopic (exact) mass is 460 g/mol. The zero-order chi connectivity index (χ0) is 22.1. The highest BCUT2D eigenvalue weighted by molar-refractivity contribution is 7.99. The Bertz CT molecular complexity index is 962. The van der Waals surface area contributed by atoms with Crippen molar-refractivity contribution in [1.82, 2.24) is 0 Å². The van der Waals surface area contributed by atoms with E-state index in [4.69, 9.17) is 11.5 Å². The third-order valence-corrected chi connectivity index (χ3v) is 6.06. The molecule has 3 rings (SSSR count). The minimum Gasteiger partial charge on any atom is -0.399 e. The summed E-state index contributed by atoms with van der Waals surface area (Å²) in [6.45, 7) is 0. The SMILES string of the molecule is Nc1ccc(Sc2ccc(Sc3ccc(N)cc3C(F)(F)F)cc2)c(C(F)(F)F)c1. The summed E-state index contributed by atoms with van der Waals surface area (Å²) in [6.07, 6.45) is -9.12. The fourth-order valence-electron chi connectivity index (χ4n) is 2.55. The number of alkyl halides is 6. The molecule has 3 aromatic carbocycles. The molecule has 0 aromatic heterocycles. The fourth-order valence-corrected chi connectivity index (χ4v) is 4.44. The van der Waals surface area contributed by atoms with Crippen molar-refractivity contribution < 1.29 is 26.3 Å². The summed E-state index contributed by atoms with van der Waals surface area (Å²) >= 11 is 1.79. The summed E-state index contributed by atoms with van der Waals surface area (Å²) < 4.78 is 79.4. The van der Waals surface area contributed by atoms with Gasteiger partial charge in [-0.1, -0.05) is 23.5 Å². The zero-order valence-electron chi connectivity index (χ0n) is 15.0. The molecule has 0 saturated carbocycles. The average Bonchev–Trinajstić information content (AvgIpc) is 2.64. The Balaban J connectivity index is 1.83. The van der Waals surface area contributed by atoms with Gasteiger partial charge in [-0.3, -0.25) is 0 Å². The van der Waals surface area contributed by atoms with Gasteiger partial charge in [0.05, 0.1) is 11.1 Å². The third-order valence-electron chi connectivity index (χ3n) is 3.90. The highest BCUT2D eigenvalue weighted by Gasteiger charge is 2.34. The molecule has 0 aliphatic heterocycles. The lowest BCUT2D eigenvalue weighted by Gasteiger charge is -2.14. The maximum Gasteiger partial charge on any atom is 0.417 e. The standard InChI is InChI=1S/C20H14F6N2S2/c21-19(22,23)15-9-11(27)1-7-17(15)29-13-3-5-14(6-4-13)30-18-8-2-12(28)10-16(18)20(24,25)26/h1-10H,27-28H2. The summed E-state index contributed by atoms with van der Waals surface area (Å²) in [5.74, 6) is 0. The molecule has 0 spiro atoms. The van der Waals surface area contributed by atoms with E-state index >= 15 is 0 Å². The fraction of sp³-hybridized carbons (Fsp3) is 0.100. The van der Waals surface area contributed by atoms with Crippen LogP contribution in [0.2, 0.25) is 0 Å². The maximum absolute atomic E-state index is 13.2. The van der Waals surface area contributed by atoms with Crippen LogP contribution in [0, 0.1) is 0 Å². The van der Waals surface area contributed by atoms with E-state index in [0.717, 1.165) is 35.7 Å². The first-order valence-electron chi connectivity index (χ1n) is 8.33. The molecule has 0 bridgehead atoms. The molecule has 0 aliphatic carbocycles. The largest absolute Gasteiger partial charge is 0.417 e. The molecule has 10 heteroatoms. The molecule has 0 saturated heterocycles. The number of nitrogens with two attached hydrogens (primary N) is 2. The van der Waals surface area contributed by atoms with Crippen LogP contribution in [0.15, 0.2) is 80.2 Å². The molecule has 0 amide bonds. The Morgan fingerprint density at radius 1 is 0.533 bits per heavy atom. The van der Waals surface area contributed by atoms with Crippen LogP contribution in [0.5, 0.6) is 0 Å². The van der Waals surface area contributed by atoms with E-state index in [1.165, 1.54) is 24.3 Å². The van der Waals surface area contributed by atoms with E-state index in [2.05, 4.69) is 0 Å². The quantitative estimate of drug-likeness (QED) is 0.320. The van der Waals surface area contributed by atoms with Crippen LogP contribution < -0.4 is 11.5 Å². The minimum absolute atomic E-state index is 0.00221. The lowest BCUT2D eigenvalue weighted by Crippen LogP contribution is -2.07. The van der Waals surface area contributed by atoms with Gasteiger partial charge in [-0.25, -0.2) is 0 Å². The molecular weight excluding hydrogens is 446 g/mol. The van der Waals surface area contributed by atoms with Crippen LogP contribution in [0.4, 0.5) is 37.7 Å². The summed E-state index contributed by atoms with van der Waals surface area (Å²) in [6, 6.07) is 13.3. The summed E-state index contributed by atoms with van der Waals surface area (Å²) in [4.78, 5) is 0.968. The minimum atomic E-state index is -4.56. The zero-order valence-corrected chi connectivity index (χ0v) is 16.6. The van der Waals surface area contributed by atoms with E-state index in [-0.39, 0.29) is 21.2 Å². The first-order valence-corrected chi connectivity index (χ1v) is 9.96. The Kier molecular flexibility index (Phi) is 6.19. The highest BCUT2D eigenvalue weighted by Crippen LogP contribution is 2.43. The van der Waals surface area contributed by atoms with Gasteiger partial charge in [0, 0.05) is 31.0 Å². The van der Waals surface area contributed by atoms with Crippen LogP contribution >= 0.6 is 23.5 Å². The third kappa shape index (κ3) is 5.37. The van der Waals surface area contributed by atoms with Crippen LogP contribution in [-0.4, -0.2) is 0 Å². The maximum atomic E-state index is 13.2. The second kappa shape index (κ2) is 8.35. The van der Waals surface area contributed by atoms with Crippen molar-refractivity contribution in [2.75, 3.05) is 11.5 Å². The smallest absolute Gasteiger partial charge is 0.399 e. The van der Waals surface area contributed by atoms with Gasteiger partial charge in [-0.15, -0.1) is 0 Å². The van der Waals surface area contributed by atoms with Crippen molar-refractivity contribution in [2.45, 2.75) is 31.9 Å². The Morgan fingerprint density at radius 2 is 0.867 bits per heavy atom. The number of hydrogen-bond acceptors (Lipinski definition) is 4. The summed E-state index contributed by atoms with van der Waals surface area (Å²) in [5, 5.41) is 0. The molecule has 0 radical (unpaired) electrons. The normalized spacial score (nSPS) is 12.2. The molecular formula is C20H14F6N2S2. The van der Waals surface area contributed by atoms with E-state index < -0.39 is 23.5 Å². The number of hydrogen-bond donors (Lipinski definition) is 2. The first-order chi connectivity index (χ1) is 13.9. The molecule has 158 valence electrons. The van der Waals surface area contributed by atoms with Crippen molar-refractivity contribution in [3.05, 3.63) is 71.8 Å². The first kappa shape index (κ1) is 22.2. The van der Waals surface area contributed by atoms with E-state index in [0.29, 0.717) is 9.79 Å². The molecule has 3 aromatic rings. The number of anilines is 2. The van der Waals surface area contributed by atoms with Gasteiger partial charge in [0.15, 0.2) is 0 Å². The predicted molar refractivity (Wildman–Crippen MR) is 106 cm³/mol. The van der Waals surface area contributed by atoms with Gasteiger partial charge in [0.2, 0.25) is 0 Å². The Labute approximate surface area is 176 Å². The lowest BCUT2D eigenvalue weighted by molar-refractivity contribution is -0.140. The molecule has 0 atom stereocenters. The predicted octanol–water partition coefficient (Wildman–Crippen LogP) is 7.19.